The quantitative estimate of drug-likeness (QED) is 0.457. The first-order valence-corrected chi connectivity index (χ1v) is 11.9. The lowest BCUT2D eigenvalue weighted by Crippen LogP contribution is -2.30. The number of carbonyl (C=O) groups excluding carboxylic acids is 1. The van der Waals surface area contributed by atoms with E-state index in [1.807, 2.05) is 42.5 Å². The van der Waals surface area contributed by atoms with Crippen molar-refractivity contribution in [1.29, 1.82) is 0 Å². The first-order valence-electron chi connectivity index (χ1n) is 10.4. The molecule has 1 atom stereocenters. The molecule has 1 aromatic heterocycles. The minimum Gasteiger partial charge on any atom is -0.497 e. The first kappa shape index (κ1) is 24.3. The monoisotopic (exact) mass is 472 g/mol. The first-order chi connectivity index (χ1) is 15.9. The average Bonchev–Trinajstić information content (AvgIpc) is 3.18. The summed E-state index contributed by atoms with van der Waals surface area (Å²) in [6, 6.07) is 13.0. The highest BCUT2D eigenvalue weighted by Crippen LogP contribution is 2.28. The van der Waals surface area contributed by atoms with E-state index >= 15 is 0 Å². The molecule has 1 heterocycles. The van der Waals surface area contributed by atoms with Crippen molar-refractivity contribution in [3.8, 4) is 28.7 Å². The molecule has 33 heavy (non-hydrogen) atoms. The molecule has 0 spiro atoms. The third-order valence-corrected chi connectivity index (χ3v) is 6.16. The van der Waals surface area contributed by atoms with Gasteiger partial charge in [0.25, 0.3) is 0 Å². The Labute approximate surface area is 195 Å². The van der Waals surface area contributed by atoms with Crippen LogP contribution in [0.3, 0.4) is 0 Å². The van der Waals surface area contributed by atoms with E-state index in [2.05, 4.69) is 10.3 Å². The van der Waals surface area contributed by atoms with Crippen LogP contribution in [-0.4, -0.2) is 48.7 Å². The van der Waals surface area contributed by atoms with E-state index in [-0.39, 0.29) is 17.4 Å². The molecule has 1 N–H and O–H groups in total. The fourth-order valence-corrected chi connectivity index (χ4v) is 4.29. The summed E-state index contributed by atoms with van der Waals surface area (Å²) in [6.45, 7) is 2.20. The molecule has 0 fully saturated rings. The third-order valence-electron chi connectivity index (χ3n) is 4.98. The number of aryl methyl sites for hydroxylation is 1. The standard InChI is InChI=1S/C24H28N2O6S/c1-16-20(26-24(32-16)18-6-5-7-19(13-18)29-2)14-33(28)15-23(27)25-11-10-17-8-9-21(30-3)22(12-17)31-4/h5-9,12-13H,10-11,14-15H2,1-4H3,(H,25,27)/t33-/m0/s1. The van der Waals surface area contributed by atoms with Crippen LogP contribution in [0, 0.1) is 6.92 Å². The molecule has 0 aliphatic heterocycles. The van der Waals surface area contributed by atoms with Crippen molar-refractivity contribution < 1.29 is 27.6 Å². The lowest BCUT2D eigenvalue weighted by atomic mass is 10.1. The van der Waals surface area contributed by atoms with Gasteiger partial charge in [0.1, 0.15) is 17.3 Å². The van der Waals surface area contributed by atoms with Gasteiger partial charge in [-0.15, -0.1) is 0 Å². The maximum atomic E-state index is 12.5. The molecule has 9 heteroatoms. The molecule has 0 saturated carbocycles. The predicted octanol–water partition coefficient (Wildman–Crippen LogP) is 3.28. The summed E-state index contributed by atoms with van der Waals surface area (Å²) < 4.78 is 34.0. The number of amides is 1. The van der Waals surface area contributed by atoms with Crippen LogP contribution in [0.5, 0.6) is 17.2 Å². The molecule has 3 rings (SSSR count). The lowest BCUT2D eigenvalue weighted by molar-refractivity contribution is -0.118. The molecule has 1 amide bonds. The smallest absolute Gasteiger partial charge is 0.232 e. The van der Waals surface area contributed by atoms with Gasteiger partial charge in [0.05, 0.1) is 32.8 Å². The van der Waals surface area contributed by atoms with E-state index in [0.717, 1.165) is 11.1 Å². The van der Waals surface area contributed by atoms with Crippen molar-refractivity contribution in [2.75, 3.05) is 33.6 Å². The van der Waals surface area contributed by atoms with Crippen molar-refractivity contribution in [3.05, 3.63) is 59.5 Å². The van der Waals surface area contributed by atoms with E-state index in [9.17, 15) is 9.00 Å². The summed E-state index contributed by atoms with van der Waals surface area (Å²) in [5, 5.41) is 2.81. The molecule has 0 aliphatic carbocycles. The Morgan fingerprint density at radius 2 is 1.85 bits per heavy atom. The lowest BCUT2D eigenvalue weighted by Gasteiger charge is -2.10. The summed E-state index contributed by atoms with van der Waals surface area (Å²) in [6.07, 6.45) is 0.616. The highest BCUT2D eigenvalue weighted by atomic mass is 32.2. The maximum absolute atomic E-state index is 12.5. The molecule has 0 radical (unpaired) electrons. The number of nitrogens with zero attached hydrogens (tertiary/aromatic N) is 1. The van der Waals surface area contributed by atoms with Gasteiger partial charge < -0.3 is 23.9 Å². The van der Waals surface area contributed by atoms with Crippen LogP contribution in [0.4, 0.5) is 0 Å². The Kier molecular flexibility index (Phi) is 8.48. The highest BCUT2D eigenvalue weighted by Gasteiger charge is 2.16. The molecular formula is C24H28N2O6S. The van der Waals surface area contributed by atoms with Gasteiger partial charge in [-0.25, -0.2) is 4.98 Å². The summed E-state index contributed by atoms with van der Waals surface area (Å²) >= 11 is 0. The normalized spacial score (nSPS) is 11.6. The zero-order chi connectivity index (χ0) is 23.8. The topological polar surface area (TPSA) is 99.9 Å². The van der Waals surface area contributed by atoms with Crippen LogP contribution >= 0.6 is 0 Å². The Hall–Kier alpha value is -3.33. The molecule has 176 valence electrons. The van der Waals surface area contributed by atoms with Crippen LogP contribution in [0.1, 0.15) is 17.0 Å². The van der Waals surface area contributed by atoms with Gasteiger partial charge in [0, 0.05) is 22.9 Å². The minimum absolute atomic E-state index is 0.104. The van der Waals surface area contributed by atoms with Crippen LogP contribution in [0.25, 0.3) is 11.5 Å². The van der Waals surface area contributed by atoms with Gasteiger partial charge in [-0.2, -0.15) is 0 Å². The second kappa shape index (κ2) is 11.5. The highest BCUT2D eigenvalue weighted by molar-refractivity contribution is 7.84. The number of methoxy groups -OCH3 is 3. The molecule has 0 bridgehead atoms. The molecule has 0 unspecified atom stereocenters. The SMILES string of the molecule is COc1cccc(-c2nc(C[S@](=O)CC(=O)NCCc3ccc(OC)c(OC)c3)c(C)o2)c1. The number of benzene rings is 2. The fraction of sp³-hybridized carbons (Fsp3) is 0.333. The van der Waals surface area contributed by atoms with Gasteiger partial charge >= 0.3 is 0 Å². The van der Waals surface area contributed by atoms with Crippen LogP contribution < -0.4 is 19.5 Å². The van der Waals surface area contributed by atoms with Crippen molar-refractivity contribution >= 4 is 16.7 Å². The summed E-state index contributed by atoms with van der Waals surface area (Å²) in [5.41, 5.74) is 2.34. The molecule has 0 aliphatic rings. The Balaban J connectivity index is 1.50. The fourth-order valence-electron chi connectivity index (χ4n) is 3.22. The van der Waals surface area contributed by atoms with E-state index in [1.54, 1.807) is 28.3 Å². The van der Waals surface area contributed by atoms with E-state index in [4.69, 9.17) is 18.6 Å². The summed E-state index contributed by atoms with van der Waals surface area (Å²) in [7, 11) is 3.34. The van der Waals surface area contributed by atoms with Gasteiger partial charge in [-0.3, -0.25) is 9.00 Å². The third kappa shape index (κ3) is 6.58. The molecule has 3 aromatic rings. The van der Waals surface area contributed by atoms with Crippen LogP contribution in [-0.2, 0) is 27.8 Å². The molecular weight excluding hydrogens is 444 g/mol. The summed E-state index contributed by atoms with van der Waals surface area (Å²) in [5.74, 6) is 2.75. The second-order valence-corrected chi connectivity index (χ2v) is 8.73. The number of carbonyl (C=O) groups is 1. The van der Waals surface area contributed by atoms with E-state index in [0.29, 0.717) is 47.6 Å². The van der Waals surface area contributed by atoms with Crippen LogP contribution in [0.2, 0.25) is 0 Å². The van der Waals surface area contributed by atoms with Crippen molar-refractivity contribution in [3.63, 3.8) is 0 Å². The molecule has 2 aromatic carbocycles. The van der Waals surface area contributed by atoms with Crippen molar-refractivity contribution in [2.45, 2.75) is 19.1 Å². The second-order valence-electron chi connectivity index (χ2n) is 7.27. The van der Waals surface area contributed by atoms with Gasteiger partial charge in [0.2, 0.25) is 11.8 Å². The molecule has 8 nitrogen and oxygen atoms in total. The zero-order valence-electron chi connectivity index (χ0n) is 19.2. The number of aromatic nitrogens is 1. The van der Waals surface area contributed by atoms with E-state index in [1.165, 1.54) is 0 Å². The zero-order valence-corrected chi connectivity index (χ0v) is 20.0. The Morgan fingerprint density at radius 3 is 2.58 bits per heavy atom. The maximum Gasteiger partial charge on any atom is 0.232 e. The Bertz CT molecular complexity index is 1130. The summed E-state index contributed by atoms with van der Waals surface area (Å²) in [4.78, 5) is 16.7. The number of rotatable bonds is 11. The number of hydrogen-bond donors (Lipinski definition) is 1. The van der Waals surface area contributed by atoms with Gasteiger partial charge in [-0.05, 0) is 49.2 Å². The number of oxazole rings is 1. The average molecular weight is 473 g/mol. The van der Waals surface area contributed by atoms with Crippen molar-refractivity contribution in [2.24, 2.45) is 0 Å². The largest absolute Gasteiger partial charge is 0.497 e. The van der Waals surface area contributed by atoms with Gasteiger partial charge in [-0.1, -0.05) is 12.1 Å². The molecule has 0 saturated heterocycles. The minimum atomic E-state index is -1.41. The van der Waals surface area contributed by atoms with Crippen molar-refractivity contribution in [1.82, 2.24) is 10.3 Å². The number of nitrogens with one attached hydrogen (secondary N) is 1. The predicted molar refractivity (Wildman–Crippen MR) is 126 cm³/mol. The van der Waals surface area contributed by atoms with E-state index < -0.39 is 10.8 Å². The Morgan fingerprint density at radius 1 is 1.06 bits per heavy atom. The van der Waals surface area contributed by atoms with Crippen LogP contribution in [0.15, 0.2) is 46.9 Å². The van der Waals surface area contributed by atoms with Gasteiger partial charge in [0.15, 0.2) is 11.5 Å². The number of ether oxygens (including phenoxy) is 3. The number of hydrogen-bond acceptors (Lipinski definition) is 7.